The van der Waals surface area contributed by atoms with Crippen molar-refractivity contribution in [2.24, 2.45) is 11.3 Å². The first-order chi connectivity index (χ1) is 7.40. The molecule has 4 nitrogen and oxygen atoms in total. The molecule has 0 saturated carbocycles. The predicted molar refractivity (Wildman–Crippen MR) is 60.8 cm³/mol. The van der Waals surface area contributed by atoms with E-state index in [4.69, 9.17) is 9.47 Å². The van der Waals surface area contributed by atoms with Gasteiger partial charge in [-0.15, -0.1) is 0 Å². The highest BCUT2D eigenvalue weighted by atomic mass is 16.6. The summed E-state index contributed by atoms with van der Waals surface area (Å²) in [4.78, 5) is 23.5. The molecule has 0 radical (unpaired) electrons. The second-order valence-electron chi connectivity index (χ2n) is 4.28. The second-order valence-corrected chi connectivity index (χ2v) is 4.28. The van der Waals surface area contributed by atoms with Gasteiger partial charge < -0.3 is 9.47 Å². The Bertz CT molecular complexity index is 227. The molecule has 94 valence electrons. The monoisotopic (exact) mass is 230 g/mol. The molecule has 0 rings (SSSR count). The molecular formula is C12H22O4. The number of carbonyl (C=O) groups excluding carboxylic acids is 2. The van der Waals surface area contributed by atoms with Crippen LogP contribution in [0.1, 0.15) is 41.0 Å². The lowest BCUT2D eigenvalue weighted by molar-refractivity contribution is -0.167. The molecular weight excluding hydrogens is 208 g/mol. The molecule has 0 spiro atoms. The first-order valence-corrected chi connectivity index (χ1v) is 5.73. The summed E-state index contributed by atoms with van der Waals surface area (Å²) in [6.45, 7) is 9.66. The third-order valence-corrected chi connectivity index (χ3v) is 2.74. The summed E-state index contributed by atoms with van der Waals surface area (Å²) >= 11 is 0. The average Bonchev–Trinajstić information content (AvgIpc) is 2.18. The van der Waals surface area contributed by atoms with Crippen molar-refractivity contribution in [3.8, 4) is 0 Å². The van der Waals surface area contributed by atoms with Crippen molar-refractivity contribution in [3.63, 3.8) is 0 Å². The lowest BCUT2D eigenvalue weighted by Crippen LogP contribution is -2.39. The number of hydrogen-bond donors (Lipinski definition) is 0. The van der Waals surface area contributed by atoms with Crippen molar-refractivity contribution in [1.82, 2.24) is 0 Å². The van der Waals surface area contributed by atoms with Crippen LogP contribution in [0.3, 0.4) is 0 Å². The molecule has 0 bridgehead atoms. The molecule has 0 unspecified atom stereocenters. The minimum absolute atomic E-state index is 0.272. The molecule has 0 aromatic heterocycles. The van der Waals surface area contributed by atoms with Crippen molar-refractivity contribution in [2.75, 3.05) is 13.2 Å². The van der Waals surface area contributed by atoms with Crippen LogP contribution in [0.2, 0.25) is 0 Å². The van der Waals surface area contributed by atoms with Crippen molar-refractivity contribution >= 4 is 11.9 Å². The van der Waals surface area contributed by atoms with Crippen LogP contribution >= 0.6 is 0 Å². The van der Waals surface area contributed by atoms with Crippen molar-refractivity contribution in [2.45, 2.75) is 41.0 Å². The lowest BCUT2D eigenvalue weighted by Gasteiger charge is -2.29. The van der Waals surface area contributed by atoms with Crippen LogP contribution in [0.5, 0.6) is 0 Å². The highest BCUT2D eigenvalue weighted by molar-refractivity contribution is 5.95. The molecule has 0 aliphatic heterocycles. The normalized spacial score (nSPS) is 11.4. The van der Waals surface area contributed by atoms with E-state index in [1.165, 1.54) is 0 Å². The van der Waals surface area contributed by atoms with Crippen LogP contribution in [-0.2, 0) is 19.1 Å². The second kappa shape index (κ2) is 6.51. The fraction of sp³-hybridized carbons (Fsp3) is 0.833. The molecule has 0 N–H and O–H groups in total. The Morgan fingerprint density at radius 2 is 1.38 bits per heavy atom. The summed E-state index contributed by atoms with van der Waals surface area (Å²) < 4.78 is 9.84. The van der Waals surface area contributed by atoms with Crippen LogP contribution in [0.25, 0.3) is 0 Å². The molecule has 0 aromatic rings. The number of esters is 2. The topological polar surface area (TPSA) is 52.6 Å². The van der Waals surface area contributed by atoms with Crippen LogP contribution in [0.4, 0.5) is 0 Å². The van der Waals surface area contributed by atoms with Gasteiger partial charge in [0, 0.05) is 0 Å². The van der Waals surface area contributed by atoms with E-state index in [-0.39, 0.29) is 13.2 Å². The van der Waals surface area contributed by atoms with E-state index in [0.717, 1.165) is 0 Å². The highest BCUT2D eigenvalue weighted by Gasteiger charge is 2.41. The third kappa shape index (κ3) is 3.83. The van der Waals surface area contributed by atoms with Crippen LogP contribution in [-0.4, -0.2) is 25.2 Å². The standard InChI is InChI=1S/C12H22O4/c1-6-12(4,5)9(10(13)15-7-2)11(14)16-8-3/h9H,6-8H2,1-5H3. The number of carbonyl (C=O) groups is 2. The predicted octanol–water partition coefficient (Wildman–Crippen LogP) is 2.17. The maximum Gasteiger partial charge on any atom is 0.320 e. The average molecular weight is 230 g/mol. The Hall–Kier alpha value is -1.06. The summed E-state index contributed by atoms with van der Waals surface area (Å²) in [5.41, 5.74) is -0.446. The van der Waals surface area contributed by atoms with E-state index in [0.29, 0.717) is 6.42 Å². The zero-order valence-corrected chi connectivity index (χ0v) is 10.8. The van der Waals surface area contributed by atoms with Crippen LogP contribution < -0.4 is 0 Å². The Labute approximate surface area is 97.3 Å². The SMILES string of the molecule is CCOC(=O)C(C(=O)OCC)C(C)(C)CC. The van der Waals surface area contributed by atoms with Gasteiger partial charge in [0.25, 0.3) is 0 Å². The van der Waals surface area contributed by atoms with E-state index in [1.807, 2.05) is 20.8 Å². The van der Waals surface area contributed by atoms with Gasteiger partial charge >= 0.3 is 11.9 Å². The van der Waals surface area contributed by atoms with Gasteiger partial charge in [-0.05, 0) is 25.7 Å². The first kappa shape index (κ1) is 14.9. The van der Waals surface area contributed by atoms with Gasteiger partial charge in [-0.2, -0.15) is 0 Å². The van der Waals surface area contributed by atoms with E-state index < -0.39 is 23.3 Å². The summed E-state index contributed by atoms with van der Waals surface area (Å²) in [7, 11) is 0. The van der Waals surface area contributed by atoms with Gasteiger partial charge in [0.15, 0.2) is 5.92 Å². The molecule has 0 heterocycles. The zero-order valence-electron chi connectivity index (χ0n) is 10.8. The molecule has 0 aliphatic rings. The van der Waals surface area contributed by atoms with Gasteiger partial charge in [0.05, 0.1) is 13.2 Å². The first-order valence-electron chi connectivity index (χ1n) is 5.73. The minimum Gasteiger partial charge on any atom is -0.465 e. The zero-order chi connectivity index (χ0) is 12.8. The highest BCUT2D eigenvalue weighted by Crippen LogP contribution is 2.32. The van der Waals surface area contributed by atoms with Crippen molar-refractivity contribution in [3.05, 3.63) is 0 Å². The maximum atomic E-state index is 11.7. The van der Waals surface area contributed by atoms with Crippen molar-refractivity contribution < 1.29 is 19.1 Å². The molecule has 4 heteroatoms. The fourth-order valence-corrected chi connectivity index (χ4v) is 1.39. The summed E-state index contributed by atoms with van der Waals surface area (Å²) in [6, 6.07) is 0. The summed E-state index contributed by atoms with van der Waals surface area (Å²) in [5.74, 6) is -1.82. The number of ether oxygens (including phenoxy) is 2. The fourth-order valence-electron chi connectivity index (χ4n) is 1.39. The van der Waals surface area contributed by atoms with Crippen LogP contribution in [0.15, 0.2) is 0 Å². The summed E-state index contributed by atoms with van der Waals surface area (Å²) in [6.07, 6.45) is 0.704. The van der Waals surface area contributed by atoms with E-state index in [2.05, 4.69) is 0 Å². The largest absolute Gasteiger partial charge is 0.465 e. The van der Waals surface area contributed by atoms with Crippen molar-refractivity contribution in [1.29, 1.82) is 0 Å². The summed E-state index contributed by atoms with van der Waals surface area (Å²) in [5, 5.41) is 0. The van der Waals surface area contributed by atoms with Crippen LogP contribution in [0, 0.1) is 11.3 Å². The lowest BCUT2D eigenvalue weighted by atomic mass is 9.76. The van der Waals surface area contributed by atoms with E-state index in [9.17, 15) is 9.59 Å². The smallest absolute Gasteiger partial charge is 0.320 e. The molecule has 0 aromatic carbocycles. The molecule has 0 atom stereocenters. The van der Waals surface area contributed by atoms with Gasteiger partial charge in [-0.3, -0.25) is 9.59 Å². The Morgan fingerprint density at radius 3 is 1.62 bits per heavy atom. The maximum absolute atomic E-state index is 11.7. The number of hydrogen-bond acceptors (Lipinski definition) is 4. The molecule has 0 amide bonds. The Morgan fingerprint density at radius 1 is 1.00 bits per heavy atom. The van der Waals surface area contributed by atoms with Gasteiger partial charge in [0.1, 0.15) is 0 Å². The third-order valence-electron chi connectivity index (χ3n) is 2.74. The van der Waals surface area contributed by atoms with Gasteiger partial charge in [-0.1, -0.05) is 20.8 Å². The molecule has 0 saturated heterocycles. The van der Waals surface area contributed by atoms with E-state index in [1.54, 1.807) is 13.8 Å². The van der Waals surface area contributed by atoms with Gasteiger partial charge in [0.2, 0.25) is 0 Å². The Kier molecular flexibility index (Phi) is 6.08. The number of rotatable bonds is 6. The quantitative estimate of drug-likeness (QED) is 0.518. The minimum atomic E-state index is -0.836. The molecule has 0 aliphatic carbocycles. The van der Waals surface area contributed by atoms with Gasteiger partial charge in [-0.25, -0.2) is 0 Å². The molecule has 0 fully saturated rings. The molecule has 16 heavy (non-hydrogen) atoms. The van der Waals surface area contributed by atoms with E-state index >= 15 is 0 Å². The Balaban J connectivity index is 4.90.